The van der Waals surface area contributed by atoms with Crippen molar-refractivity contribution in [1.82, 2.24) is 9.71 Å². The fraction of sp³-hybridized carbons (Fsp3) is 0.556. The second-order valence-electron chi connectivity index (χ2n) is 3.50. The molecular weight excluding hydrogens is 280 g/mol. The van der Waals surface area contributed by atoms with Crippen LogP contribution in [0.3, 0.4) is 0 Å². The van der Waals surface area contributed by atoms with Crippen molar-refractivity contribution in [2.24, 2.45) is 0 Å². The van der Waals surface area contributed by atoms with E-state index in [2.05, 4.69) is 14.4 Å². The number of thiazole rings is 1. The molecule has 0 aliphatic heterocycles. The molecule has 0 bridgehead atoms. The number of aromatic nitrogens is 1. The molecule has 2 N–H and O–H groups in total. The average molecular weight is 294 g/mol. The van der Waals surface area contributed by atoms with Gasteiger partial charge in [-0.1, -0.05) is 11.3 Å². The Bertz CT molecular complexity index is 572. The van der Waals surface area contributed by atoms with E-state index in [9.17, 15) is 18.0 Å². The predicted octanol–water partition coefficient (Wildman–Crippen LogP) is -0.0237. The van der Waals surface area contributed by atoms with Gasteiger partial charge in [0, 0.05) is 18.7 Å². The van der Waals surface area contributed by atoms with E-state index in [0.29, 0.717) is 23.5 Å². The molecule has 1 heterocycles. The van der Waals surface area contributed by atoms with Crippen molar-refractivity contribution in [2.75, 3.05) is 13.7 Å². The van der Waals surface area contributed by atoms with E-state index >= 15 is 0 Å². The standard InChI is InChI=1S/C9H14N2O5S2/c1-6-8(17-9(13)11-6)18(14,15)10-5-3-4-7(12)16-2/h10H,3-5H2,1-2H3,(H,11,13). The molecule has 9 heteroatoms. The fourth-order valence-corrected chi connectivity index (χ4v) is 3.67. The number of hydrogen-bond donors (Lipinski definition) is 2. The van der Waals surface area contributed by atoms with E-state index in [0.717, 1.165) is 0 Å². The smallest absolute Gasteiger partial charge is 0.305 e. The van der Waals surface area contributed by atoms with E-state index in [1.165, 1.54) is 14.0 Å². The van der Waals surface area contributed by atoms with Crippen LogP contribution < -0.4 is 9.60 Å². The van der Waals surface area contributed by atoms with Gasteiger partial charge in [0.05, 0.1) is 7.11 Å². The number of nitrogens with one attached hydrogen (secondary N) is 2. The molecule has 0 amide bonds. The van der Waals surface area contributed by atoms with Crippen LogP contribution in [0.15, 0.2) is 9.00 Å². The van der Waals surface area contributed by atoms with Crippen LogP contribution in [0.2, 0.25) is 0 Å². The molecule has 0 saturated heterocycles. The number of hydrogen-bond acceptors (Lipinski definition) is 6. The quantitative estimate of drug-likeness (QED) is 0.566. The zero-order chi connectivity index (χ0) is 13.8. The van der Waals surface area contributed by atoms with Gasteiger partial charge in [0.15, 0.2) is 4.21 Å². The van der Waals surface area contributed by atoms with Gasteiger partial charge in [-0.15, -0.1) is 0 Å². The Morgan fingerprint density at radius 1 is 1.50 bits per heavy atom. The second kappa shape index (κ2) is 6.12. The minimum Gasteiger partial charge on any atom is -0.469 e. The maximum Gasteiger partial charge on any atom is 0.305 e. The first kappa shape index (κ1) is 14.9. The summed E-state index contributed by atoms with van der Waals surface area (Å²) in [7, 11) is -2.42. The van der Waals surface area contributed by atoms with Crippen molar-refractivity contribution < 1.29 is 17.9 Å². The lowest BCUT2D eigenvalue weighted by Crippen LogP contribution is -2.25. The third kappa shape index (κ3) is 3.93. The summed E-state index contributed by atoms with van der Waals surface area (Å²) in [5, 5.41) is 0. The Labute approximate surface area is 108 Å². The molecule has 18 heavy (non-hydrogen) atoms. The molecule has 7 nitrogen and oxygen atoms in total. The van der Waals surface area contributed by atoms with Gasteiger partial charge < -0.3 is 9.72 Å². The summed E-state index contributed by atoms with van der Waals surface area (Å²) in [6, 6.07) is 0. The highest BCUT2D eigenvalue weighted by Gasteiger charge is 2.19. The number of carbonyl (C=O) groups is 1. The van der Waals surface area contributed by atoms with Crippen LogP contribution in [0.5, 0.6) is 0 Å². The monoisotopic (exact) mass is 294 g/mol. The van der Waals surface area contributed by atoms with Crippen LogP contribution >= 0.6 is 11.3 Å². The van der Waals surface area contributed by atoms with Crippen molar-refractivity contribution >= 4 is 27.3 Å². The Balaban J connectivity index is 2.58. The summed E-state index contributed by atoms with van der Waals surface area (Å²) in [4.78, 5) is 23.8. The summed E-state index contributed by atoms with van der Waals surface area (Å²) in [6.07, 6.45) is 0.478. The van der Waals surface area contributed by atoms with Crippen LogP contribution in [0.1, 0.15) is 18.5 Å². The molecule has 0 spiro atoms. The average Bonchev–Trinajstić information content (AvgIpc) is 2.64. The number of H-pyrrole nitrogens is 1. The summed E-state index contributed by atoms with van der Waals surface area (Å²) < 4.78 is 30.3. The number of aryl methyl sites for hydroxylation is 1. The summed E-state index contributed by atoms with van der Waals surface area (Å²) in [6.45, 7) is 1.63. The van der Waals surface area contributed by atoms with E-state index in [1.54, 1.807) is 0 Å². The molecular formula is C9H14N2O5S2. The van der Waals surface area contributed by atoms with Gasteiger partial charge >= 0.3 is 10.8 Å². The highest BCUT2D eigenvalue weighted by Crippen LogP contribution is 2.15. The molecule has 0 aromatic carbocycles. The lowest BCUT2D eigenvalue weighted by atomic mass is 10.3. The van der Waals surface area contributed by atoms with Crippen molar-refractivity contribution in [3.63, 3.8) is 0 Å². The molecule has 1 aromatic rings. The van der Waals surface area contributed by atoms with E-state index in [-0.39, 0.29) is 17.2 Å². The number of esters is 1. The van der Waals surface area contributed by atoms with Gasteiger partial charge in [-0.25, -0.2) is 13.1 Å². The molecule has 0 radical (unpaired) electrons. The molecule has 0 aliphatic rings. The molecule has 0 atom stereocenters. The molecule has 0 saturated carbocycles. The lowest BCUT2D eigenvalue weighted by molar-refractivity contribution is -0.140. The van der Waals surface area contributed by atoms with Gasteiger partial charge in [0.2, 0.25) is 0 Å². The number of rotatable bonds is 6. The highest BCUT2D eigenvalue weighted by molar-refractivity contribution is 7.91. The molecule has 0 fully saturated rings. The first-order valence-electron chi connectivity index (χ1n) is 5.13. The minimum absolute atomic E-state index is 0.0226. The van der Waals surface area contributed by atoms with Crippen molar-refractivity contribution in [1.29, 1.82) is 0 Å². The number of aromatic amines is 1. The van der Waals surface area contributed by atoms with Gasteiger partial charge in [0.25, 0.3) is 10.0 Å². The maximum absolute atomic E-state index is 11.8. The predicted molar refractivity (Wildman–Crippen MR) is 66.1 cm³/mol. The topological polar surface area (TPSA) is 105 Å². The van der Waals surface area contributed by atoms with Crippen LogP contribution in [0, 0.1) is 6.92 Å². The van der Waals surface area contributed by atoms with Crippen molar-refractivity contribution in [3.8, 4) is 0 Å². The summed E-state index contributed by atoms with van der Waals surface area (Å²) in [5.74, 6) is -0.392. The SMILES string of the molecule is COC(=O)CCCNS(=O)(=O)c1sc(=O)[nH]c1C. The van der Waals surface area contributed by atoms with Gasteiger partial charge in [-0.2, -0.15) is 0 Å². The lowest BCUT2D eigenvalue weighted by Gasteiger charge is -2.04. The number of methoxy groups -OCH3 is 1. The molecule has 102 valence electrons. The Kier molecular flexibility index (Phi) is 5.05. The van der Waals surface area contributed by atoms with E-state index < -0.39 is 20.9 Å². The van der Waals surface area contributed by atoms with Crippen LogP contribution in [0.4, 0.5) is 0 Å². The zero-order valence-corrected chi connectivity index (χ0v) is 11.6. The van der Waals surface area contributed by atoms with Gasteiger partial charge in [0.1, 0.15) is 0 Å². The van der Waals surface area contributed by atoms with Gasteiger partial charge in [-0.3, -0.25) is 9.59 Å². The van der Waals surface area contributed by atoms with Crippen LogP contribution in [-0.2, 0) is 19.6 Å². The van der Waals surface area contributed by atoms with Crippen molar-refractivity contribution in [3.05, 3.63) is 15.4 Å². The highest BCUT2D eigenvalue weighted by atomic mass is 32.2. The molecule has 0 unspecified atom stereocenters. The third-order valence-corrected chi connectivity index (χ3v) is 5.17. The van der Waals surface area contributed by atoms with E-state index in [1.807, 2.05) is 0 Å². The summed E-state index contributed by atoms with van der Waals surface area (Å²) in [5.41, 5.74) is 0.311. The Morgan fingerprint density at radius 2 is 2.17 bits per heavy atom. The largest absolute Gasteiger partial charge is 0.469 e. The first-order valence-corrected chi connectivity index (χ1v) is 7.43. The number of carbonyl (C=O) groups excluding carboxylic acids is 1. The third-order valence-electron chi connectivity index (χ3n) is 2.10. The Morgan fingerprint density at radius 3 is 2.67 bits per heavy atom. The van der Waals surface area contributed by atoms with Crippen molar-refractivity contribution in [2.45, 2.75) is 24.0 Å². The van der Waals surface area contributed by atoms with Gasteiger partial charge in [-0.05, 0) is 13.3 Å². The zero-order valence-electron chi connectivity index (χ0n) is 9.98. The van der Waals surface area contributed by atoms with E-state index in [4.69, 9.17) is 0 Å². The molecule has 0 aliphatic carbocycles. The first-order chi connectivity index (χ1) is 8.36. The number of ether oxygens (including phenoxy) is 1. The molecule has 1 aromatic heterocycles. The Hall–Kier alpha value is -1.19. The van der Waals surface area contributed by atoms with Crippen LogP contribution in [0.25, 0.3) is 0 Å². The maximum atomic E-state index is 11.8. The normalized spacial score (nSPS) is 11.4. The second-order valence-corrected chi connectivity index (χ2v) is 6.45. The summed E-state index contributed by atoms with van der Waals surface area (Å²) >= 11 is 0.637. The minimum atomic E-state index is -3.69. The number of sulfonamides is 1. The van der Waals surface area contributed by atoms with Crippen LogP contribution in [-0.4, -0.2) is 33.0 Å². The molecule has 1 rings (SSSR count). The fourth-order valence-electron chi connectivity index (χ4n) is 1.25.